The molecule has 172 valence electrons. The smallest absolute Gasteiger partial charge is 0.264 e. The minimum atomic E-state index is -4.01. The summed E-state index contributed by atoms with van der Waals surface area (Å²) in [5.74, 6) is 0.0972. The van der Waals surface area contributed by atoms with Crippen LogP contribution in [0.3, 0.4) is 0 Å². The molecule has 0 aliphatic carbocycles. The molecule has 0 heterocycles. The third-order valence-corrected chi connectivity index (χ3v) is 6.79. The highest BCUT2D eigenvalue weighted by molar-refractivity contribution is 7.92. The second kappa shape index (κ2) is 11.0. The van der Waals surface area contributed by atoms with Crippen molar-refractivity contribution in [3.8, 4) is 5.75 Å². The van der Waals surface area contributed by atoms with Crippen LogP contribution in [0.5, 0.6) is 5.75 Å². The molecule has 0 spiro atoms. The van der Waals surface area contributed by atoms with Crippen LogP contribution >= 0.6 is 11.6 Å². The van der Waals surface area contributed by atoms with Gasteiger partial charge in [-0.2, -0.15) is 0 Å². The molecule has 1 amide bonds. The maximum absolute atomic E-state index is 13.4. The van der Waals surface area contributed by atoms with Crippen LogP contribution in [0.2, 0.25) is 5.02 Å². The first-order valence-electron chi connectivity index (χ1n) is 10.4. The maximum Gasteiger partial charge on any atom is 0.264 e. The van der Waals surface area contributed by atoms with Crippen molar-refractivity contribution >= 4 is 38.9 Å². The van der Waals surface area contributed by atoms with Crippen molar-refractivity contribution in [1.82, 2.24) is 0 Å². The highest BCUT2D eigenvalue weighted by Gasteiger charge is 2.26. The number of rotatable bonds is 10. The van der Waals surface area contributed by atoms with Gasteiger partial charge in [0.05, 0.1) is 34.4 Å². The van der Waals surface area contributed by atoms with Gasteiger partial charge in [0.2, 0.25) is 0 Å². The lowest BCUT2D eigenvalue weighted by atomic mass is 10.2. The first kappa shape index (κ1) is 24.4. The SMILES string of the molecule is C=CCN(c1ccccc1Cl)S(=O)(=O)c1cccc(C(=O)Nc2ccccc2OCCC)c1. The molecule has 0 saturated heterocycles. The predicted octanol–water partition coefficient (Wildman–Crippen LogP) is 5.76. The van der Waals surface area contributed by atoms with Crippen LogP contribution in [0.1, 0.15) is 23.7 Å². The van der Waals surface area contributed by atoms with Crippen LogP contribution in [-0.2, 0) is 10.0 Å². The average Bonchev–Trinajstić information content (AvgIpc) is 2.82. The summed E-state index contributed by atoms with van der Waals surface area (Å²) in [5, 5.41) is 3.09. The standard InChI is InChI=1S/C25H25ClN2O4S/c1-3-16-28(23-14-7-5-12-21(23)26)33(30,31)20-11-9-10-19(18-20)25(29)27-22-13-6-8-15-24(22)32-17-4-2/h3,5-15,18H,1,4,16-17H2,2H3,(H,27,29). The van der Waals surface area contributed by atoms with Gasteiger partial charge in [0.15, 0.2) is 0 Å². The van der Waals surface area contributed by atoms with Gasteiger partial charge in [-0.15, -0.1) is 6.58 Å². The number of sulfonamides is 1. The molecular formula is C25H25ClN2O4S. The molecule has 8 heteroatoms. The van der Waals surface area contributed by atoms with Crippen LogP contribution < -0.4 is 14.4 Å². The highest BCUT2D eigenvalue weighted by Crippen LogP contribution is 2.31. The molecule has 0 radical (unpaired) electrons. The number of hydrogen-bond acceptors (Lipinski definition) is 4. The van der Waals surface area contributed by atoms with E-state index in [1.54, 1.807) is 48.5 Å². The average molecular weight is 485 g/mol. The minimum absolute atomic E-state index is 0.0185. The molecule has 6 nitrogen and oxygen atoms in total. The fourth-order valence-corrected chi connectivity index (χ4v) is 4.91. The topological polar surface area (TPSA) is 75.7 Å². The Bertz CT molecular complexity index is 1240. The maximum atomic E-state index is 13.4. The van der Waals surface area contributed by atoms with Crippen LogP contribution in [-0.4, -0.2) is 27.5 Å². The second-order valence-corrected chi connectivity index (χ2v) is 9.37. The zero-order valence-electron chi connectivity index (χ0n) is 18.2. The van der Waals surface area contributed by atoms with Crippen LogP contribution in [0.4, 0.5) is 11.4 Å². The van der Waals surface area contributed by atoms with Crippen molar-refractivity contribution in [2.24, 2.45) is 0 Å². The predicted molar refractivity (Wildman–Crippen MR) is 133 cm³/mol. The Labute approximate surface area is 199 Å². The summed E-state index contributed by atoms with van der Waals surface area (Å²) >= 11 is 6.25. The zero-order chi connectivity index (χ0) is 23.8. The van der Waals surface area contributed by atoms with E-state index in [-0.39, 0.29) is 17.0 Å². The summed E-state index contributed by atoms with van der Waals surface area (Å²) in [5.41, 5.74) is 1.03. The number of carbonyl (C=O) groups excluding carboxylic acids is 1. The molecule has 1 N–H and O–H groups in total. The first-order chi connectivity index (χ1) is 15.9. The van der Waals surface area contributed by atoms with Gasteiger partial charge in [-0.1, -0.05) is 54.9 Å². The van der Waals surface area contributed by atoms with Gasteiger partial charge in [0, 0.05) is 5.56 Å². The Hall–Kier alpha value is -3.29. The molecule has 0 aliphatic rings. The summed E-state index contributed by atoms with van der Waals surface area (Å²) in [6, 6.07) is 19.6. The summed E-state index contributed by atoms with van der Waals surface area (Å²) in [6.45, 7) is 6.19. The van der Waals surface area contributed by atoms with Crippen LogP contribution in [0.25, 0.3) is 0 Å². The number of ether oxygens (including phenoxy) is 1. The summed E-state index contributed by atoms with van der Waals surface area (Å²) in [4.78, 5) is 12.9. The fourth-order valence-electron chi connectivity index (χ4n) is 3.12. The lowest BCUT2D eigenvalue weighted by Gasteiger charge is -2.24. The molecule has 0 bridgehead atoms. The van der Waals surface area contributed by atoms with Gasteiger partial charge in [0.25, 0.3) is 15.9 Å². The van der Waals surface area contributed by atoms with E-state index in [9.17, 15) is 13.2 Å². The van der Waals surface area contributed by atoms with Crippen molar-refractivity contribution in [1.29, 1.82) is 0 Å². The van der Waals surface area contributed by atoms with Crippen molar-refractivity contribution in [2.75, 3.05) is 22.8 Å². The van der Waals surface area contributed by atoms with Crippen molar-refractivity contribution in [2.45, 2.75) is 18.2 Å². The van der Waals surface area contributed by atoms with E-state index in [2.05, 4.69) is 11.9 Å². The molecule has 0 saturated carbocycles. The minimum Gasteiger partial charge on any atom is -0.491 e. The molecular weight excluding hydrogens is 460 g/mol. The third-order valence-electron chi connectivity index (χ3n) is 4.70. The van der Waals surface area contributed by atoms with Gasteiger partial charge in [-0.3, -0.25) is 9.10 Å². The largest absolute Gasteiger partial charge is 0.491 e. The van der Waals surface area contributed by atoms with Gasteiger partial charge in [-0.05, 0) is 48.9 Å². The van der Waals surface area contributed by atoms with Crippen molar-refractivity contribution in [3.63, 3.8) is 0 Å². The number of hydrogen-bond donors (Lipinski definition) is 1. The monoisotopic (exact) mass is 484 g/mol. The Morgan fingerprint density at radius 2 is 1.82 bits per heavy atom. The molecule has 0 aliphatic heterocycles. The molecule has 0 unspecified atom stereocenters. The number of carbonyl (C=O) groups is 1. The number of anilines is 2. The number of halogens is 1. The van der Waals surface area contributed by atoms with Crippen molar-refractivity contribution in [3.05, 3.63) is 96.0 Å². The molecule has 3 aromatic carbocycles. The Morgan fingerprint density at radius 1 is 1.09 bits per heavy atom. The van der Waals surface area contributed by atoms with E-state index >= 15 is 0 Å². The van der Waals surface area contributed by atoms with Gasteiger partial charge in [-0.25, -0.2) is 8.42 Å². The zero-order valence-corrected chi connectivity index (χ0v) is 19.8. The summed E-state index contributed by atoms with van der Waals surface area (Å²) in [7, 11) is -4.01. The third kappa shape index (κ3) is 5.74. The Kier molecular flexibility index (Phi) is 8.14. The summed E-state index contributed by atoms with van der Waals surface area (Å²) in [6.07, 6.45) is 2.31. The fraction of sp³-hybridized carbons (Fsp3) is 0.160. The number of nitrogens with zero attached hydrogens (tertiary/aromatic N) is 1. The van der Waals surface area contributed by atoms with E-state index in [0.717, 1.165) is 10.7 Å². The van der Waals surface area contributed by atoms with Gasteiger partial charge < -0.3 is 10.1 Å². The Balaban J connectivity index is 1.92. The lowest BCUT2D eigenvalue weighted by Crippen LogP contribution is -2.31. The quantitative estimate of drug-likeness (QED) is 0.371. The van der Waals surface area contributed by atoms with Crippen LogP contribution in [0, 0.1) is 0 Å². The second-order valence-electron chi connectivity index (χ2n) is 7.10. The van der Waals surface area contributed by atoms with E-state index in [1.165, 1.54) is 24.3 Å². The van der Waals surface area contributed by atoms with E-state index in [0.29, 0.717) is 28.8 Å². The molecule has 3 aromatic rings. The molecule has 0 fully saturated rings. The highest BCUT2D eigenvalue weighted by atomic mass is 35.5. The van der Waals surface area contributed by atoms with E-state index in [1.807, 2.05) is 13.0 Å². The van der Waals surface area contributed by atoms with E-state index in [4.69, 9.17) is 16.3 Å². The van der Waals surface area contributed by atoms with Gasteiger partial charge in [0.1, 0.15) is 5.75 Å². The number of amides is 1. The number of benzene rings is 3. The Morgan fingerprint density at radius 3 is 2.55 bits per heavy atom. The number of para-hydroxylation sites is 3. The van der Waals surface area contributed by atoms with Crippen LogP contribution in [0.15, 0.2) is 90.3 Å². The number of nitrogens with one attached hydrogen (secondary N) is 1. The molecule has 0 atom stereocenters. The van der Waals surface area contributed by atoms with E-state index < -0.39 is 15.9 Å². The molecule has 33 heavy (non-hydrogen) atoms. The first-order valence-corrected chi connectivity index (χ1v) is 12.2. The lowest BCUT2D eigenvalue weighted by molar-refractivity contribution is 0.102. The normalized spacial score (nSPS) is 11.0. The molecule has 3 rings (SSSR count). The summed E-state index contributed by atoms with van der Waals surface area (Å²) < 4.78 is 33.7. The van der Waals surface area contributed by atoms with Gasteiger partial charge >= 0.3 is 0 Å². The van der Waals surface area contributed by atoms with Crippen molar-refractivity contribution < 1.29 is 17.9 Å². The molecule has 0 aromatic heterocycles.